The molecule has 0 fully saturated rings. The van der Waals surface area contributed by atoms with Crippen molar-refractivity contribution in [2.45, 2.75) is 122 Å². The molecule has 6 heteroatoms. The highest BCUT2D eigenvalue weighted by atomic mass is 32.1. The van der Waals surface area contributed by atoms with Gasteiger partial charge in [-0.2, -0.15) is 4.57 Å². The van der Waals surface area contributed by atoms with E-state index in [1.165, 1.54) is 96.3 Å². The number of hydrogen-bond donors (Lipinski definition) is 0. The Morgan fingerprint density at radius 1 is 0.821 bits per heavy atom. The van der Waals surface area contributed by atoms with E-state index < -0.39 is 0 Å². The number of esters is 1. The average Bonchev–Trinajstić information content (AvgIpc) is 3.47. The first-order valence-electron chi connectivity index (χ1n) is 15.5. The van der Waals surface area contributed by atoms with Crippen molar-refractivity contribution in [2.24, 2.45) is 0 Å². The van der Waals surface area contributed by atoms with E-state index >= 15 is 0 Å². The Morgan fingerprint density at radius 3 is 1.97 bits per heavy atom. The molecule has 0 amide bonds. The Hall–Kier alpha value is -1.76. The zero-order valence-electron chi connectivity index (χ0n) is 24.7. The highest BCUT2D eigenvalue weighted by molar-refractivity contribution is 7.07. The van der Waals surface area contributed by atoms with Crippen LogP contribution in [-0.2, 0) is 20.8 Å². The third kappa shape index (κ3) is 16.2. The van der Waals surface area contributed by atoms with Crippen molar-refractivity contribution in [2.75, 3.05) is 26.9 Å². The second-order valence-electron chi connectivity index (χ2n) is 10.7. The van der Waals surface area contributed by atoms with Crippen LogP contribution in [0.5, 0.6) is 0 Å². The summed E-state index contributed by atoms with van der Waals surface area (Å²) in [5.74, 6) is -0.318. The minimum Gasteiger partial charge on any atom is -0.459 e. The van der Waals surface area contributed by atoms with Crippen LogP contribution in [0.2, 0.25) is 0 Å². The van der Waals surface area contributed by atoms with Gasteiger partial charge in [-0.25, -0.2) is 4.79 Å². The first-order valence-corrected chi connectivity index (χ1v) is 16.5. The molecule has 0 aliphatic heterocycles. The molecular formula is C33H54NO4S+. The van der Waals surface area contributed by atoms with Gasteiger partial charge in [0.25, 0.3) is 0 Å². The number of thiazole rings is 1. The maximum absolute atomic E-state index is 12.7. The van der Waals surface area contributed by atoms with Crippen LogP contribution in [0.15, 0.2) is 41.4 Å². The summed E-state index contributed by atoms with van der Waals surface area (Å²) in [7, 11) is 1.64. The fourth-order valence-corrected chi connectivity index (χ4v) is 5.40. The molecule has 0 N–H and O–H groups in total. The Kier molecular flexibility index (Phi) is 19.7. The molecule has 1 heterocycles. The smallest absolute Gasteiger partial charge is 0.338 e. The van der Waals surface area contributed by atoms with Crippen LogP contribution in [0.4, 0.5) is 0 Å². The van der Waals surface area contributed by atoms with E-state index in [0.29, 0.717) is 18.7 Å². The molecule has 39 heavy (non-hydrogen) atoms. The van der Waals surface area contributed by atoms with E-state index in [0.717, 1.165) is 18.6 Å². The van der Waals surface area contributed by atoms with Crippen molar-refractivity contribution in [3.63, 3.8) is 0 Å². The van der Waals surface area contributed by atoms with Crippen LogP contribution >= 0.6 is 11.3 Å². The topological polar surface area (TPSA) is 48.6 Å². The van der Waals surface area contributed by atoms with Crippen molar-refractivity contribution in [1.29, 1.82) is 0 Å². The summed E-state index contributed by atoms with van der Waals surface area (Å²) in [6.07, 6.45) is 23.6. The summed E-state index contributed by atoms with van der Waals surface area (Å²) < 4.78 is 18.9. The van der Waals surface area contributed by atoms with Gasteiger partial charge in [0.15, 0.2) is 12.7 Å². The van der Waals surface area contributed by atoms with Crippen molar-refractivity contribution in [3.8, 4) is 0 Å². The van der Waals surface area contributed by atoms with Crippen LogP contribution in [0.3, 0.4) is 0 Å². The number of ether oxygens (including phenoxy) is 3. The molecule has 0 radical (unpaired) electrons. The van der Waals surface area contributed by atoms with E-state index in [1.807, 2.05) is 41.4 Å². The largest absolute Gasteiger partial charge is 0.459 e. The predicted octanol–water partition coefficient (Wildman–Crippen LogP) is 8.53. The van der Waals surface area contributed by atoms with E-state index in [9.17, 15) is 4.79 Å². The third-order valence-electron chi connectivity index (χ3n) is 7.30. The number of nitrogens with zero attached hydrogens (tertiary/aromatic N) is 1. The minimum absolute atomic E-state index is 0.189. The summed E-state index contributed by atoms with van der Waals surface area (Å²) in [5, 5.41) is 2.02. The van der Waals surface area contributed by atoms with Gasteiger partial charge in [-0.1, -0.05) is 133 Å². The van der Waals surface area contributed by atoms with Gasteiger partial charge in [0.1, 0.15) is 12.7 Å². The van der Waals surface area contributed by atoms with Gasteiger partial charge in [0.2, 0.25) is 5.51 Å². The van der Waals surface area contributed by atoms with E-state index in [1.54, 1.807) is 18.4 Å². The van der Waals surface area contributed by atoms with Crippen molar-refractivity contribution >= 4 is 17.3 Å². The van der Waals surface area contributed by atoms with Crippen LogP contribution < -0.4 is 4.57 Å². The molecule has 1 aromatic carbocycles. The van der Waals surface area contributed by atoms with Crippen LogP contribution in [-0.4, -0.2) is 39.0 Å². The summed E-state index contributed by atoms with van der Waals surface area (Å²) in [4.78, 5) is 12.7. The molecular weight excluding hydrogens is 506 g/mol. The summed E-state index contributed by atoms with van der Waals surface area (Å²) >= 11 is 1.63. The lowest BCUT2D eigenvalue weighted by atomic mass is 10.0. The Bertz CT molecular complexity index is 842. The van der Waals surface area contributed by atoms with E-state index in [2.05, 4.69) is 11.5 Å². The quantitative estimate of drug-likeness (QED) is 0.0693. The fraction of sp³-hybridized carbons (Fsp3) is 0.697. The Morgan fingerprint density at radius 2 is 1.41 bits per heavy atom. The van der Waals surface area contributed by atoms with Gasteiger partial charge in [-0.3, -0.25) is 0 Å². The first kappa shape index (κ1) is 33.4. The van der Waals surface area contributed by atoms with Crippen LogP contribution in [0.25, 0.3) is 0 Å². The normalized spacial score (nSPS) is 12.1. The van der Waals surface area contributed by atoms with Crippen molar-refractivity contribution < 1.29 is 23.6 Å². The van der Waals surface area contributed by atoms with E-state index in [4.69, 9.17) is 14.2 Å². The number of methoxy groups -OCH3 is 1. The molecule has 5 nitrogen and oxygen atoms in total. The molecule has 220 valence electrons. The number of benzene rings is 1. The zero-order valence-corrected chi connectivity index (χ0v) is 25.6. The Balaban J connectivity index is 1.43. The summed E-state index contributed by atoms with van der Waals surface area (Å²) in [6.45, 7) is 4.28. The lowest BCUT2D eigenvalue weighted by molar-refractivity contribution is -0.683. The molecule has 0 aliphatic carbocycles. The molecule has 0 aliphatic rings. The molecule has 0 saturated carbocycles. The molecule has 0 bridgehead atoms. The number of aromatic nitrogens is 1. The highest BCUT2D eigenvalue weighted by Crippen LogP contribution is 2.14. The Labute approximate surface area is 242 Å². The van der Waals surface area contributed by atoms with Gasteiger partial charge in [0, 0.05) is 19.3 Å². The predicted molar refractivity (Wildman–Crippen MR) is 162 cm³/mol. The summed E-state index contributed by atoms with van der Waals surface area (Å²) in [6, 6.07) is 7.60. The lowest BCUT2D eigenvalue weighted by Gasteiger charge is -2.16. The molecule has 2 rings (SSSR count). The van der Waals surface area contributed by atoms with Gasteiger partial charge < -0.3 is 14.2 Å². The number of carbonyl (C=O) groups excluding carboxylic acids is 1. The standard InChI is InChI=1S/C33H54NO4S/c1-3-4-5-6-7-8-9-10-11-12-13-14-15-16-17-20-24-37-27-31(36-2)28-38-33(35)32-22-19-18-21-30(32)26-34-23-25-39-29-34/h18-19,21-23,25,29,31H,3-17,20,24,26-28H2,1-2H3/q+1. The monoisotopic (exact) mass is 560 g/mol. The van der Waals surface area contributed by atoms with Gasteiger partial charge in [-0.15, -0.1) is 0 Å². The molecule has 1 unspecified atom stereocenters. The molecule has 0 spiro atoms. The second kappa shape index (κ2) is 23.0. The van der Waals surface area contributed by atoms with Crippen LogP contribution in [0.1, 0.15) is 126 Å². The number of carbonyl (C=O) groups is 1. The van der Waals surface area contributed by atoms with Crippen molar-refractivity contribution in [3.05, 3.63) is 52.5 Å². The van der Waals surface area contributed by atoms with Gasteiger partial charge in [-0.05, 0) is 12.5 Å². The number of rotatable bonds is 25. The zero-order chi connectivity index (χ0) is 27.8. The van der Waals surface area contributed by atoms with Crippen molar-refractivity contribution in [1.82, 2.24) is 0 Å². The number of unbranched alkanes of at least 4 members (excludes halogenated alkanes) is 15. The maximum Gasteiger partial charge on any atom is 0.338 e. The average molecular weight is 561 g/mol. The second-order valence-corrected chi connectivity index (χ2v) is 11.4. The first-order chi connectivity index (χ1) is 19.2. The molecule has 0 saturated heterocycles. The molecule has 2 aromatic rings. The third-order valence-corrected chi connectivity index (χ3v) is 7.97. The molecule has 1 atom stereocenters. The SMILES string of the molecule is CCCCCCCCCCCCCCCCCCOCC(COC(=O)c1ccccc1C[n+]1ccsc1)OC. The lowest BCUT2D eigenvalue weighted by Crippen LogP contribution is -2.32. The maximum atomic E-state index is 12.7. The fourth-order valence-electron chi connectivity index (χ4n) is 4.80. The van der Waals surface area contributed by atoms with Crippen LogP contribution in [0, 0.1) is 0 Å². The van der Waals surface area contributed by atoms with Gasteiger partial charge in [0.05, 0.1) is 17.6 Å². The number of hydrogen-bond acceptors (Lipinski definition) is 5. The molecule has 1 aromatic heterocycles. The van der Waals surface area contributed by atoms with Gasteiger partial charge >= 0.3 is 5.97 Å². The highest BCUT2D eigenvalue weighted by Gasteiger charge is 2.18. The van der Waals surface area contributed by atoms with E-state index in [-0.39, 0.29) is 18.7 Å². The minimum atomic E-state index is -0.318. The summed E-state index contributed by atoms with van der Waals surface area (Å²) in [5.41, 5.74) is 3.57.